The number of rotatable bonds is 2. The van der Waals surface area contributed by atoms with Crippen LogP contribution in [0.15, 0.2) is 127 Å². The van der Waals surface area contributed by atoms with E-state index in [4.69, 9.17) is 4.74 Å². The number of para-hydroxylation sites is 4. The summed E-state index contributed by atoms with van der Waals surface area (Å²) in [5.41, 5.74) is 13.2. The van der Waals surface area contributed by atoms with Crippen LogP contribution in [0.4, 0.5) is 17.1 Å². The third-order valence-corrected chi connectivity index (χ3v) is 9.00. The summed E-state index contributed by atoms with van der Waals surface area (Å²) in [5, 5.41) is 2.49. The minimum atomic E-state index is 0.0588. The standard InChI is InChI=1S/C38H27BN2O/c1-24-22-25(2)36-35(23-24)42-38-34(41-30-17-9-6-14-27(30)28-15-7-10-18-31(28)41)21-20-33-37(38)39(36)29-16-8-11-19-32(29)40(33)26-12-4-3-5-13-26/h3-23H,1-2H3. The SMILES string of the molecule is Cc1cc(C)c2c(c1)Oc1c(-n3c4ccccc4c4ccccc43)ccc3c1B2c1ccccc1N3c1ccccc1. The average molecular weight is 538 g/mol. The number of aromatic nitrogens is 1. The van der Waals surface area contributed by atoms with Gasteiger partial charge in [-0.1, -0.05) is 84.4 Å². The highest BCUT2D eigenvalue weighted by atomic mass is 16.5. The lowest BCUT2D eigenvalue weighted by molar-refractivity contribution is 0.485. The molecule has 0 fully saturated rings. The fourth-order valence-corrected chi connectivity index (χ4v) is 7.40. The molecular formula is C38H27BN2O. The zero-order valence-corrected chi connectivity index (χ0v) is 23.5. The maximum absolute atomic E-state index is 7.09. The van der Waals surface area contributed by atoms with Crippen molar-refractivity contribution in [3.8, 4) is 17.2 Å². The van der Waals surface area contributed by atoms with Gasteiger partial charge in [0, 0.05) is 27.8 Å². The number of ether oxygens (including phenoxy) is 1. The van der Waals surface area contributed by atoms with E-state index in [1.807, 2.05) is 0 Å². The Bertz CT molecular complexity index is 2160. The lowest BCUT2D eigenvalue weighted by atomic mass is 9.33. The van der Waals surface area contributed by atoms with E-state index in [1.165, 1.54) is 55.0 Å². The zero-order chi connectivity index (χ0) is 27.9. The van der Waals surface area contributed by atoms with Crippen LogP contribution in [0, 0.1) is 13.8 Å². The maximum atomic E-state index is 7.09. The number of fused-ring (bicyclic) bond motifs is 7. The number of hydrogen-bond donors (Lipinski definition) is 0. The zero-order valence-electron chi connectivity index (χ0n) is 23.5. The van der Waals surface area contributed by atoms with Gasteiger partial charge in [0.25, 0.3) is 6.71 Å². The Hall–Kier alpha value is -5.22. The summed E-state index contributed by atoms with van der Waals surface area (Å²) in [6.07, 6.45) is 0. The van der Waals surface area contributed by atoms with E-state index >= 15 is 0 Å². The van der Waals surface area contributed by atoms with E-state index in [-0.39, 0.29) is 6.71 Å². The summed E-state index contributed by atoms with van der Waals surface area (Å²) in [6.45, 7) is 4.44. The van der Waals surface area contributed by atoms with Gasteiger partial charge in [0.05, 0.1) is 16.7 Å². The first kappa shape index (κ1) is 23.5. The van der Waals surface area contributed by atoms with Crippen molar-refractivity contribution < 1.29 is 4.74 Å². The van der Waals surface area contributed by atoms with Crippen LogP contribution in [0.1, 0.15) is 11.1 Å². The number of nitrogens with zero attached hydrogens (tertiary/aromatic N) is 2. The van der Waals surface area contributed by atoms with E-state index in [2.05, 4.69) is 151 Å². The Kier molecular flexibility index (Phi) is 4.83. The molecule has 2 aliphatic rings. The molecule has 42 heavy (non-hydrogen) atoms. The number of hydrogen-bond acceptors (Lipinski definition) is 2. The quantitative estimate of drug-likeness (QED) is 0.209. The molecule has 0 saturated heterocycles. The van der Waals surface area contributed by atoms with Crippen molar-refractivity contribution in [2.45, 2.75) is 13.8 Å². The van der Waals surface area contributed by atoms with E-state index in [1.54, 1.807) is 0 Å². The van der Waals surface area contributed by atoms with Gasteiger partial charge in [-0.2, -0.15) is 0 Å². The molecule has 0 atom stereocenters. The molecule has 198 valence electrons. The number of aryl methyl sites for hydroxylation is 2. The van der Waals surface area contributed by atoms with Crippen molar-refractivity contribution in [1.82, 2.24) is 4.57 Å². The van der Waals surface area contributed by atoms with Crippen molar-refractivity contribution in [2.24, 2.45) is 0 Å². The van der Waals surface area contributed by atoms with Crippen LogP contribution in [0.25, 0.3) is 27.5 Å². The molecule has 1 aromatic heterocycles. The van der Waals surface area contributed by atoms with Crippen molar-refractivity contribution in [3.63, 3.8) is 0 Å². The second kappa shape index (κ2) is 8.64. The Morgan fingerprint density at radius 1 is 0.571 bits per heavy atom. The summed E-state index contributed by atoms with van der Waals surface area (Å²) < 4.78 is 9.48. The Balaban J connectivity index is 1.43. The van der Waals surface area contributed by atoms with Crippen LogP contribution in [-0.4, -0.2) is 11.3 Å². The summed E-state index contributed by atoms with van der Waals surface area (Å²) in [5.74, 6) is 1.88. The first-order valence-corrected chi connectivity index (χ1v) is 14.6. The van der Waals surface area contributed by atoms with E-state index < -0.39 is 0 Å². The molecule has 0 radical (unpaired) electrons. The third-order valence-electron chi connectivity index (χ3n) is 9.00. The first-order chi connectivity index (χ1) is 20.7. The van der Waals surface area contributed by atoms with Crippen molar-refractivity contribution in [2.75, 3.05) is 4.90 Å². The lowest BCUT2D eigenvalue weighted by Gasteiger charge is -2.41. The van der Waals surface area contributed by atoms with Gasteiger partial charge in [-0.25, -0.2) is 0 Å². The predicted molar refractivity (Wildman–Crippen MR) is 176 cm³/mol. The number of anilines is 3. The summed E-state index contributed by atoms with van der Waals surface area (Å²) >= 11 is 0. The molecule has 0 saturated carbocycles. The van der Waals surface area contributed by atoms with Crippen molar-refractivity contribution >= 4 is 62.0 Å². The minimum Gasteiger partial charge on any atom is -0.456 e. The van der Waals surface area contributed by atoms with Crippen LogP contribution in [0.2, 0.25) is 0 Å². The molecule has 0 spiro atoms. The second-order valence-electron chi connectivity index (χ2n) is 11.5. The molecule has 3 heterocycles. The average Bonchev–Trinajstić information content (AvgIpc) is 3.35. The summed E-state index contributed by atoms with van der Waals surface area (Å²) in [7, 11) is 0. The topological polar surface area (TPSA) is 17.4 Å². The molecule has 0 aliphatic carbocycles. The van der Waals surface area contributed by atoms with Gasteiger partial charge >= 0.3 is 0 Å². The fraction of sp³-hybridized carbons (Fsp3) is 0.0526. The van der Waals surface area contributed by atoms with E-state index in [0.29, 0.717) is 0 Å². The van der Waals surface area contributed by atoms with Gasteiger partial charge in [-0.05, 0) is 84.3 Å². The largest absolute Gasteiger partial charge is 0.456 e. The highest BCUT2D eigenvalue weighted by Crippen LogP contribution is 2.44. The molecule has 0 N–H and O–H groups in total. The molecule has 0 unspecified atom stereocenters. The molecular weight excluding hydrogens is 511 g/mol. The van der Waals surface area contributed by atoms with Gasteiger partial charge in [0.1, 0.15) is 11.5 Å². The van der Waals surface area contributed by atoms with Gasteiger partial charge in [0.2, 0.25) is 0 Å². The molecule has 4 heteroatoms. The van der Waals surface area contributed by atoms with Crippen molar-refractivity contribution in [3.05, 3.63) is 139 Å². The monoisotopic (exact) mass is 538 g/mol. The predicted octanol–water partition coefficient (Wildman–Crippen LogP) is 7.81. The van der Waals surface area contributed by atoms with Gasteiger partial charge in [-0.3, -0.25) is 0 Å². The smallest absolute Gasteiger partial charge is 0.256 e. The van der Waals surface area contributed by atoms with Gasteiger partial charge in [0.15, 0.2) is 0 Å². The van der Waals surface area contributed by atoms with Crippen LogP contribution >= 0.6 is 0 Å². The van der Waals surface area contributed by atoms with Crippen LogP contribution < -0.4 is 26.0 Å². The Labute approximate surface area is 245 Å². The maximum Gasteiger partial charge on any atom is 0.256 e. The Morgan fingerprint density at radius 3 is 1.98 bits per heavy atom. The highest BCUT2D eigenvalue weighted by molar-refractivity contribution is 6.99. The normalized spacial score (nSPS) is 13.1. The Morgan fingerprint density at radius 2 is 1.21 bits per heavy atom. The second-order valence-corrected chi connectivity index (χ2v) is 11.5. The van der Waals surface area contributed by atoms with Crippen LogP contribution in [0.5, 0.6) is 11.5 Å². The van der Waals surface area contributed by atoms with E-state index in [0.717, 1.165) is 28.6 Å². The molecule has 9 rings (SSSR count). The summed E-state index contributed by atoms with van der Waals surface area (Å²) in [6, 6.07) is 46.0. The van der Waals surface area contributed by atoms with Crippen molar-refractivity contribution in [1.29, 1.82) is 0 Å². The third kappa shape index (κ3) is 3.12. The lowest BCUT2D eigenvalue weighted by Crippen LogP contribution is -2.60. The minimum absolute atomic E-state index is 0.0588. The molecule has 3 nitrogen and oxygen atoms in total. The van der Waals surface area contributed by atoms with Crippen LogP contribution in [-0.2, 0) is 0 Å². The fourth-order valence-electron chi connectivity index (χ4n) is 7.40. The molecule has 6 aromatic carbocycles. The number of benzene rings is 6. The molecule has 0 bridgehead atoms. The van der Waals surface area contributed by atoms with Gasteiger partial charge < -0.3 is 14.2 Å². The molecule has 7 aromatic rings. The highest BCUT2D eigenvalue weighted by Gasteiger charge is 2.43. The van der Waals surface area contributed by atoms with Gasteiger partial charge in [-0.15, -0.1) is 0 Å². The molecule has 0 amide bonds. The summed E-state index contributed by atoms with van der Waals surface area (Å²) in [4.78, 5) is 2.40. The first-order valence-electron chi connectivity index (χ1n) is 14.6. The van der Waals surface area contributed by atoms with Crippen LogP contribution in [0.3, 0.4) is 0 Å². The van der Waals surface area contributed by atoms with E-state index in [9.17, 15) is 0 Å². The molecule has 2 aliphatic heterocycles.